The predicted molar refractivity (Wildman–Crippen MR) is 129 cm³/mol. The summed E-state index contributed by atoms with van der Waals surface area (Å²) in [5.41, 5.74) is 2.46. The molecule has 8 heteroatoms. The van der Waals surface area contributed by atoms with E-state index in [9.17, 15) is 20.3 Å². The molecule has 0 saturated heterocycles. The summed E-state index contributed by atoms with van der Waals surface area (Å²) < 4.78 is 7.56. The molecule has 2 N–H and O–H groups in total. The highest BCUT2D eigenvalue weighted by Gasteiger charge is 2.38. The number of nitrogens with zero attached hydrogens (tertiary/aromatic N) is 4. The molecule has 0 bridgehead atoms. The molecule has 1 aromatic heterocycles. The van der Waals surface area contributed by atoms with Crippen molar-refractivity contribution in [2.24, 2.45) is 11.3 Å². The molecule has 1 saturated carbocycles. The monoisotopic (exact) mass is 462 g/mol. The van der Waals surface area contributed by atoms with Crippen molar-refractivity contribution in [2.45, 2.75) is 39.2 Å². The second-order valence-electron chi connectivity index (χ2n) is 9.13. The van der Waals surface area contributed by atoms with Crippen LogP contribution in [-0.4, -0.2) is 45.6 Å². The molecule has 2 atom stereocenters. The topological polar surface area (TPSA) is 112 Å². The molecule has 1 aliphatic carbocycles. The number of anilines is 1. The molecule has 0 aliphatic heterocycles. The Hall–Kier alpha value is -3.57. The van der Waals surface area contributed by atoms with Crippen molar-refractivity contribution in [1.29, 1.82) is 5.26 Å². The van der Waals surface area contributed by atoms with Crippen molar-refractivity contribution in [3.8, 4) is 11.8 Å². The number of aromatic nitrogens is 2. The van der Waals surface area contributed by atoms with Crippen LogP contribution in [-0.2, 0) is 6.54 Å². The van der Waals surface area contributed by atoms with Crippen molar-refractivity contribution >= 4 is 22.8 Å². The van der Waals surface area contributed by atoms with E-state index < -0.39 is 6.09 Å². The fourth-order valence-electron chi connectivity index (χ4n) is 5.15. The summed E-state index contributed by atoms with van der Waals surface area (Å²) in [4.78, 5) is 18.0. The Morgan fingerprint density at radius 2 is 2.21 bits per heavy atom. The van der Waals surface area contributed by atoms with Crippen molar-refractivity contribution in [3.05, 3.63) is 54.4 Å². The van der Waals surface area contributed by atoms with Crippen LogP contribution in [0.4, 0.5) is 10.5 Å². The zero-order valence-electron chi connectivity index (χ0n) is 19.4. The van der Waals surface area contributed by atoms with Crippen LogP contribution in [0.2, 0.25) is 0 Å². The zero-order chi connectivity index (χ0) is 24.1. The highest BCUT2D eigenvalue weighted by Crippen LogP contribution is 2.42. The number of hydrogen-bond donors (Lipinski definition) is 2. The van der Waals surface area contributed by atoms with E-state index in [-0.39, 0.29) is 17.9 Å². The summed E-state index contributed by atoms with van der Waals surface area (Å²) in [5, 5.41) is 29.7. The lowest BCUT2D eigenvalue weighted by atomic mass is 9.69. The number of imidazole rings is 1. The van der Waals surface area contributed by atoms with Gasteiger partial charge in [0.2, 0.25) is 0 Å². The average molecular weight is 463 g/mol. The van der Waals surface area contributed by atoms with Crippen molar-refractivity contribution < 1.29 is 19.7 Å². The van der Waals surface area contributed by atoms with E-state index in [0.29, 0.717) is 43.1 Å². The summed E-state index contributed by atoms with van der Waals surface area (Å²) >= 11 is 0. The number of carboxylic acid groups (broad SMARTS) is 1. The molecule has 178 valence electrons. The highest BCUT2D eigenvalue weighted by atomic mass is 16.5. The first-order valence-electron chi connectivity index (χ1n) is 11.7. The molecule has 0 radical (unpaired) electrons. The van der Waals surface area contributed by atoms with Crippen LogP contribution in [0.5, 0.6) is 5.75 Å². The summed E-state index contributed by atoms with van der Waals surface area (Å²) in [6.07, 6.45) is 4.13. The zero-order valence-corrected chi connectivity index (χ0v) is 19.4. The van der Waals surface area contributed by atoms with E-state index in [0.717, 1.165) is 30.3 Å². The molecule has 2 unspecified atom stereocenters. The fraction of sp³-hybridized carbons (Fsp3) is 0.423. The molecule has 1 amide bonds. The van der Waals surface area contributed by atoms with Crippen LogP contribution in [0.15, 0.2) is 48.8 Å². The van der Waals surface area contributed by atoms with Crippen molar-refractivity contribution in [3.63, 3.8) is 0 Å². The van der Waals surface area contributed by atoms with Gasteiger partial charge in [-0.15, -0.1) is 0 Å². The average Bonchev–Trinajstić information content (AvgIpc) is 3.24. The lowest BCUT2D eigenvalue weighted by Gasteiger charge is -2.41. The van der Waals surface area contributed by atoms with Gasteiger partial charge in [-0.3, -0.25) is 4.90 Å². The van der Waals surface area contributed by atoms with Crippen LogP contribution in [0.25, 0.3) is 11.0 Å². The molecule has 1 fully saturated rings. The van der Waals surface area contributed by atoms with Gasteiger partial charge in [-0.05, 0) is 62.4 Å². The normalized spacial score (nSPS) is 20.1. The molecule has 0 spiro atoms. The summed E-state index contributed by atoms with van der Waals surface area (Å²) in [7, 11) is 0. The number of nitriles is 1. The maximum Gasteiger partial charge on any atom is 0.411 e. The first-order valence-corrected chi connectivity index (χ1v) is 11.7. The van der Waals surface area contributed by atoms with Gasteiger partial charge in [0, 0.05) is 24.6 Å². The van der Waals surface area contributed by atoms with Crippen LogP contribution in [0.1, 0.15) is 38.2 Å². The van der Waals surface area contributed by atoms with Crippen molar-refractivity contribution in [1.82, 2.24) is 9.55 Å². The van der Waals surface area contributed by atoms with E-state index in [1.807, 2.05) is 29.7 Å². The van der Waals surface area contributed by atoms with E-state index >= 15 is 0 Å². The number of benzene rings is 2. The Labute approximate surface area is 199 Å². The van der Waals surface area contributed by atoms with Gasteiger partial charge in [0.25, 0.3) is 0 Å². The van der Waals surface area contributed by atoms with E-state index in [1.54, 1.807) is 30.6 Å². The van der Waals surface area contributed by atoms with Crippen molar-refractivity contribution in [2.75, 3.05) is 24.7 Å². The van der Waals surface area contributed by atoms with E-state index in [4.69, 9.17) is 4.74 Å². The fourth-order valence-corrected chi connectivity index (χ4v) is 5.15. The van der Waals surface area contributed by atoms with E-state index in [1.165, 1.54) is 4.90 Å². The lowest BCUT2D eigenvalue weighted by molar-refractivity contribution is 0.0429. The number of rotatable bonds is 8. The Bertz CT molecular complexity index is 1200. The third kappa shape index (κ3) is 5.00. The first kappa shape index (κ1) is 23.6. The lowest BCUT2D eigenvalue weighted by Crippen LogP contribution is -2.41. The van der Waals surface area contributed by atoms with Gasteiger partial charge in [-0.25, -0.2) is 9.78 Å². The summed E-state index contributed by atoms with van der Waals surface area (Å²) in [6, 6.07) is 14.7. The first-order chi connectivity index (χ1) is 16.5. The summed E-state index contributed by atoms with van der Waals surface area (Å²) in [5.74, 6) is 0.750. The number of carbonyl (C=O) groups is 1. The number of aliphatic hydroxyl groups excluding tert-OH is 1. The highest BCUT2D eigenvalue weighted by molar-refractivity contribution is 5.86. The smallest absolute Gasteiger partial charge is 0.411 e. The maximum absolute atomic E-state index is 12.1. The standard InChI is InChI=1S/C26H30N4O4/c1-2-34-22-7-3-6-21(12-22)30(25(32)33)15-20-5-4-10-26(13-20,17-31)16-29-18-28-23-9-8-19(14-27)11-24(23)29/h3,6-9,11-12,18,20,31H,2,4-5,10,13,15-17H2,1H3,(H,32,33). The number of fused-ring (bicyclic) bond motifs is 1. The minimum atomic E-state index is -1.00. The number of amides is 1. The Kier molecular flexibility index (Phi) is 7.03. The van der Waals surface area contributed by atoms with Gasteiger partial charge >= 0.3 is 6.09 Å². The SMILES string of the molecule is CCOc1cccc(N(CC2CCCC(CO)(Cn3cnc4ccc(C#N)cc43)C2)C(=O)O)c1. The van der Waals surface area contributed by atoms with E-state index in [2.05, 4.69) is 11.1 Å². The van der Waals surface area contributed by atoms with Gasteiger partial charge in [-0.1, -0.05) is 12.5 Å². The minimum Gasteiger partial charge on any atom is -0.494 e. The Balaban J connectivity index is 1.54. The minimum absolute atomic E-state index is 0.00795. The number of hydrogen-bond acceptors (Lipinski definition) is 5. The third-order valence-electron chi connectivity index (χ3n) is 6.74. The molecule has 34 heavy (non-hydrogen) atoms. The van der Waals surface area contributed by atoms with Crippen LogP contribution in [0, 0.1) is 22.7 Å². The van der Waals surface area contributed by atoms with Crippen LogP contribution >= 0.6 is 0 Å². The number of ether oxygens (including phenoxy) is 1. The molecule has 2 aromatic carbocycles. The molecule has 3 aromatic rings. The quantitative estimate of drug-likeness (QED) is 0.504. The molecular formula is C26H30N4O4. The Morgan fingerprint density at radius 1 is 1.35 bits per heavy atom. The molecule has 4 rings (SSSR count). The van der Waals surface area contributed by atoms with Crippen LogP contribution in [0.3, 0.4) is 0 Å². The predicted octanol–water partition coefficient (Wildman–Crippen LogP) is 4.66. The number of aliphatic hydroxyl groups is 1. The van der Waals surface area contributed by atoms with Gasteiger partial charge < -0.3 is 19.5 Å². The molecule has 1 heterocycles. The second kappa shape index (κ2) is 10.1. The molecule has 8 nitrogen and oxygen atoms in total. The largest absolute Gasteiger partial charge is 0.494 e. The third-order valence-corrected chi connectivity index (χ3v) is 6.74. The van der Waals surface area contributed by atoms with Gasteiger partial charge in [-0.2, -0.15) is 5.26 Å². The van der Waals surface area contributed by atoms with Gasteiger partial charge in [0.1, 0.15) is 5.75 Å². The Morgan fingerprint density at radius 3 is 2.94 bits per heavy atom. The second-order valence-corrected chi connectivity index (χ2v) is 9.13. The summed E-state index contributed by atoms with van der Waals surface area (Å²) in [6.45, 7) is 3.34. The molecular weight excluding hydrogens is 432 g/mol. The molecule has 1 aliphatic rings. The van der Waals surface area contributed by atoms with Crippen LogP contribution < -0.4 is 9.64 Å². The van der Waals surface area contributed by atoms with Gasteiger partial charge in [0.05, 0.1) is 47.9 Å². The van der Waals surface area contributed by atoms with Gasteiger partial charge in [0.15, 0.2) is 0 Å². The maximum atomic E-state index is 12.1.